The highest BCUT2D eigenvalue weighted by molar-refractivity contribution is 5.76. The van der Waals surface area contributed by atoms with Crippen LogP contribution in [0.4, 0.5) is 0 Å². The van der Waals surface area contributed by atoms with Crippen molar-refractivity contribution < 1.29 is 34.0 Å². The Labute approximate surface area is 97.3 Å². The van der Waals surface area contributed by atoms with Crippen molar-refractivity contribution in [1.29, 1.82) is 0 Å². The molecule has 0 bridgehead atoms. The molecule has 2 aliphatic heterocycles. The summed E-state index contributed by atoms with van der Waals surface area (Å²) in [6.45, 7) is 0.337. The van der Waals surface area contributed by atoms with Crippen molar-refractivity contribution in [2.75, 3.05) is 13.2 Å². The van der Waals surface area contributed by atoms with Gasteiger partial charge >= 0.3 is 11.9 Å². The van der Waals surface area contributed by atoms with Crippen molar-refractivity contribution in [1.82, 2.24) is 0 Å². The summed E-state index contributed by atoms with van der Waals surface area (Å²) in [7, 11) is 0. The van der Waals surface area contributed by atoms with Crippen LogP contribution in [0.5, 0.6) is 0 Å². The second-order valence-corrected chi connectivity index (χ2v) is 4.09. The molecule has 0 saturated carbocycles. The molecule has 0 aliphatic carbocycles. The highest BCUT2D eigenvalue weighted by atomic mass is 16.6. The van der Waals surface area contributed by atoms with Gasteiger partial charge in [0.05, 0.1) is 26.1 Å². The maximum absolute atomic E-state index is 11.3. The number of carbonyl (C=O) groups is 2. The number of aliphatic carboxylic acids is 1. The molecule has 7 nitrogen and oxygen atoms in total. The maximum Gasteiger partial charge on any atom is 0.306 e. The van der Waals surface area contributed by atoms with E-state index < -0.39 is 36.4 Å². The summed E-state index contributed by atoms with van der Waals surface area (Å²) in [5.41, 5.74) is 0. The topological polar surface area (TPSA) is 102 Å². The van der Waals surface area contributed by atoms with E-state index in [4.69, 9.17) is 19.3 Å². The molecule has 2 fully saturated rings. The second kappa shape index (κ2) is 4.99. The van der Waals surface area contributed by atoms with E-state index in [0.29, 0.717) is 0 Å². The first-order valence-electron chi connectivity index (χ1n) is 5.40. The SMILES string of the molecule is O=C(O)CCC(=O)O[C@H]1CO[C@H]2[C@H]1OC[C@H]2O. The first kappa shape index (κ1) is 12.3. The molecule has 0 radical (unpaired) electrons. The predicted molar refractivity (Wildman–Crippen MR) is 52.2 cm³/mol. The summed E-state index contributed by atoms with van der Waals surface area (Å²) in [6, 6.07) is 0. The van der Waals surface area contributed by atoms with Crippen molar-refractivity contribution >= 4 is 11.9 Å². The summed E-state index contributed by atoms with van der Waals surface area (Å²) in [5.74, 6) is -1.64. The summed E-state index contributed by atoms with van der Waals surface area (Å²) >= 11 is 0. The van der Waals surface area contributed by atoms with Crippen molar-refractivity contribution in [3.63, 3.8) is 0 Å². The zero-order valence-electron chi connectivity index (χ0n) is 9.07. The van der Waals surface area contributed by atoms with Crippen molar-refractivity contribution in [3.8, 4) is 0 Å². The van der Waals surface area contributed by atoms with Crippen molar-refractivity contribution in [3.05, 3.63) is 0 Å². The highest BCUT2D eigenvalue weighted by Gasteiger charge is 2.48. The van der Waals surface area contributed by atoms with Gasteiger partial charge in [-0.3, -0.25) is 9.59 Å². The number of aliphatic hydroxyl groups is 1. The number of carboxylic acid groups (broad SMARTS) is 1. The third kappa shape index (κ3) is 2.74. The van der Waals surface area contributed by atoms with E-state index in [1.165, 1.54) is 0 Å². The van der Waals surface area contributed by atoms with Gasteiger partial charge in [-0.15, -0.1) is 0 Å². The Bertz CT molecular complexity index is 316. The van der Waals surface area contributed by atoms with Gasteiger partial charge < -0.3 is 24.4 Å². The molecule has 0 aromatic carbocycles. The zero-order chi connectivity index (χ0) is 12.4. The fourth-order valence-corrected chi connectivity index (χ4v) is 1.98. The molecular formula is C10H14O7. The highest BCUT2D eigenvalue weighted by Crippen LogP contribution is 2.28. The monoisotopic (exact) mass is 246 g/mol. The van der Waals surface area contributed by atoms with Crippen LogP contribution >= 0.6 is 0 Å². The summed E-state index contributed by atoms with van der Waals surface area (Å²) in [5, 5.41) is 17.9. The third-order valence-electron chi connectivity index (χ3n) is 2.81. The van der Waals surface area contributed by atoms with Crippen LogP contribution < -0.4 is 0 Å². The predicted octanol–water partition coefficient (Wildman–Crippen LogP) is -1.08. The maximum atomic E-state index is 11.3. The van der Waals surface area contributed by atoms with Gasteiger partial charge in [-0.1, -0.05) is 0 Å². The molecule has 0 unspecified atom stereocenters. The number of aliphatic hydroxyl groups excluding tert-OH is 1. The van der Waals surface area contributed by atoms with Crippen LogP contribution in [0.1, 0.15) is 12.8 Å². The molecule has 0 aromatic rings. The van der Waals surface area contributed by atoms with Gasteiger partial charge in [-0.2, -0.15) is 0 Å². The lowest BCUT2D eigenvalue weighted by atomic mass is 10.1. The first-order chi connectivity index (χ1) is 8.08. The molecular weight excluding hydrogens is 232 g/mol. The van der Waals surface area contributed by atoms with E-state index in [1.54, 1.807) is 0 Å². The van der Waals surface area contributed by atoms with Crippen molar-refractivity contribution in [2.24, 2.45) is 0 Å². The molecule has 2 saturated heterocycles. The Morgan fingerprint density at radius 1 is 1.18 bits per heavy atom. The largest absolute Gasteiger partial charge is 0.481 e. The quantitative estimate of drug-likeness (QED) is 0.608. The molecule has 0 spiro atoms. The summed E-state index contributed by atoms with van der Waals surface area (Å²) < 4.78 is 15.6. The van der Waals surface area contributed by atoms with Gasteiger partial charge in [0.25, 0.3) is 0 Å². The Morgan fingerprint density at radius 2 is 1.88 bits per heavy atom. The van der Waals surface area contributed by atoms with E-state index in [2.05, 4.69) is 0 Å². The van der Waals surface area contributed by atoms with E-state index in [9.17, 15) is 14.7 Å². The molecule has 2 rings (SSSR count). The van der Waals surface area contributed by atoms with Gasteiger partial charge in [0.1, 0.15) is 18.3 Å². The lowest BCUT2D eigenvalue weighted by molar-refractivity contribution is -0.156. The van der Waals surface area contributed by atoms with Crippen molar-refractivity contribution in [2.45, 2.75) is 37.3 Å². The first-order valence-corrected chi connectivity index (χ1v) is 5.40. The number of rotatable bonds is 4. The number of esters is 1. The average Bonchev–Trinajstić information content (AvgIpc) is 2.81. The lowest BCUT2D eigenvalue weighted by Gasteiger charge is -2.16. The van der Waals surface area contributed by atoms with Crippen LogP contribution in [-0.4, -0.2) is 59.8 Å². The zero-order valence-corrected chi connectivity index (χ0v) is 9.07. The molecule has 0 amide bonds. The molecule has 2 N–H and O–H groups in total. The van der Waals surface area contributed by atoms with E-state index in [1.807, 2.05) is 0 Å². The number of carbonyl (C=O) groups excluding carboxylic acids is 1. The molecule has 2 aliphatic rings. The third-order valence-corrected chi connectivity index (χ3v) is 2.81. The van der Waals surface area contributed by atoms with Gasteiger partial charge in [-0.25, -0.2) is 0 Å². The minimum absolute atomic E-state index is 0.165. The standard InChI is InChI=1S/C10H14O7/c11-5-3-15-10-6(4-16-9(5)10)17-8(14)2-1-7(12)13/h5-6,9-11H,1-4H2,(H,12,13)/t5-,6+,9-,10+/m1/s1. The average molecular weight is 246 g/mol. The molecule has 4 atom stereocenters. The van der Waals surface area contributed by atoms with Crippen LogP contribution in [0, 0.1) is 0 Å². The van der Waals surface area contributed by atoms with Crippen LogP contribution in [0.15, 0.2) is 0 Å². The summed E-state index contributed by atoms with van der Waals surface area (Å²) in [6.07, 6.45) is -2.58. The van der Waals surface area contributed by atoms with E-state index in [-0.39, 0.29) is 26.1 Å². The van der Waals surface area contributed by atoms with E-state index >= 15 is 0 Å². The molecule has 7 heteroatoms. The molecule has 96 valence electrons. The Kier molecular flexibility index (Phi) is 3.60. The van der Waals surface area contributed by atoms with Gasteiger partial charge in [0, 0.05) is 0 Å². The lowest BCUT2D eigenvalue weighted by Crippen LogP contribution is -2.34. The number of hydrogen-bond acceptors (Lipinski definition) is 6. The number of ether oxygens (including phenoxy) is 3. The van der Waals surface area contributed by atoms with E-state index in [0.717, 1.165) is 0 Å². The number of hydrogen-bond donors (Lipinski definition) is 2. The molecule has 17 heavy (non-hydrogen) atoms. The van der Waals surface area contributed by atoms with Gasteiger partial charge in [-0.05, 0) is 0 Å². The van der Waals surface area contributed by atoms with Crippen LogP contribution in [0.25, 0.3) is 0 Å². The summed E-state index contributed by atoms with van der Waals surface area (Å²) in [4.78, 5) is 21.6. The van der Waals surface area contributed by atoms with Gasteiger partial charge in [0.15, 0.2) is 6.10 Å². The Morgan fingerprint density at radius 3 is 2.59 bits per heavy atom. The van der Waals surface area contributed by atoms with Crippen LogP contribution in [0.3, 0.4) is 0 Å². The smallest absolute Gasteiger partial charge is 0.306 e. The normalized spacial score (nSPS) is 35.6. The van der Waals surface area contributed by atoms with Crippen LogP contribution in [-0.2, 0) is 23.8 Å². The minimum atomic E-state index is -1.05. The van der Waals surface area contributed by atoms with Crippen LogP contribution in [0.2, 0.25) is 0 Å². The minimum Gasteiger partial charge on any atom is -0.481 e. The second-order valence-electron chi connectivity index (χ2n) is 4.09. The number of fused-ring (bicyclic) bond motifs is 1. The Hall–Kier alpha value is -1.18. The number of carboxylic acids is 1. The van der Waals surface area contributed by atoms with Gasteiger partial charge in [0.2, 0.25) is 0 Å². The fourth-order valence-electron chi connectivity index (χ4n) is 1.98. The Balaban J connectivity index is 1.80. The molecule has 0 aromatic heterocycles. The fraction of sp³-hybridized carbons (Fsp3) is 0.800. The molecule has 2 heterocycles.